The second kappa shape index (κ2) is 24.0. The van der Waals surface area contributed by atoms with Crippen LogP contribution in [0.2, 0.25) is 0 Å². The van der Waals surface area contributed by atoms with E-state index >= 15 is 0 Å². The van der Waals surface area contributed by atoms with E-state index < -0.39 is 60.0 Å². The van der Waals surface area contributed by atoms with Crippen LogP contribution in [0.15, 0.2) is 54.6 Å². The van der Waals surface area contributed by atoms with Crippen molar-refractivity contribution >= 4 is 83.1 Å². The van der Waals surface area contributed by atoms with Gasteiger partial charge in [0.1, 0.15) is 48.5 Å². The van der Waals surface area contributed by atoms with E-state index in [9.17, 15) is 57.5 Å². The lowest BCUT2D eigenvalue weighted by Gasteiger charge is -2.43. The summed E-state index contributed by atoms with van der Waals surface area (Å²) < 4.78 is 5.14. The van der Waals surface area contributed by atoms with E-state index in [1.807, 2.05) is 0 Å². The number of para-hydroxylation sites is 1. The smallest absolute Gasteiger partial charge is 0.358 e. The van der Waals surface area contributed by atoms with Gasteiger partial charge in [-0.1, -0.05) is 24.3 Å². The van der Waals surface area contributed by atoms with Crippen LogP contribution in [0.3, 0.4) is 0 Å². The van der Waals surface area contributed by atoms with Crippen LogP contribution in [0.5, 0.6) is 5.75 Å². The molecule has 6 rings (SSSR count). The monoisotopic (exact) mass is 945 g/mol. The SMILES string of the molecule is CC(=O)C[C@@H](C=O)NC(=O)[C@@H]1CCCN2C(=O)CCN(NC(=O)Nc3ccccc3)C(=O)N12.COc1cccc(NC(=O)CN2CCC(=O)N3CCC[C@@H](C(=O)N[C@H](C=O)CC(C)=O)N3C2=O)c1. The summed E-state index contributed by atoms with van der Waals surface area (Å²) in [4.78, 5) is 150. The van der Waals surface area contributed by atoms with Gasteiger partial charge in [0.2, 0.25) is 29.5 Å². The van der Waals surface area contributed by atoms with Gasteiger partial charge in [-0.2, -0.15) is 0 Å². The highest BCUT2D eigenvalue weighted by molar-refractivity contribution is 5.98. The molecule has 364 valence electrons. The van der Waals surface area contributed by atoms with Crippen LogP contribution in [-0.2, 0) is 43.2 Å². The molecule has 4 fully saturated rings. The third-order valence-corrected chi connectivity index (χ3v) is 11.0. The van der Waals surface area contributed by atoms with Gasteiger partial charge in [0, 0.05) is 62.8 Å². The third kappa shape index (κ3) is 13.6. The fourth-order valence-corrected chi connectivity index (χ4v) is 7.84. The fraction of sp³-hybridized carbons (Fsp3) is 0.455. The van der Waals surface area contributed by atoms with Gasteiger partial charge in [-0.05, 0) is 63.8 Å². The fourth-order valence-electron chi connectivity index (χ4n) is 7.84. The number of nitrogens with zero attached hydrogens (tertiary/aromatic N) is 6. The summed E-state index contributed by atoms with van der Waals surface area (Å²) >= 11 is 0. The lowest BCUT2D eigenvalue weighted by atomic mass is 10.1. The number of nitrogens with one attached hydrogen (secondary N) is 5. The van der Waals surface area contributed by atoms with Crippen molar-refractivity contribution in [2.24, 2.45) is 0 Å². The average molecular weight is 946 g/mol. The van der Waals surface area contributed by atoms with Crippen molar-refractivity contribution in [3.8, 4) is 5.75 Å². The zero-order valence-corrected chi connectivity index (χ0v) is 37.8. The Morgan fingerprint density at radius 2 is 1.21 bits per heavy atom. The summed E-state index contributed by atoms with van der Waals surface area (Å²) in [6, 6.07) is 9.03. The Balaban J connectivity index is 0.000000255. The first-order valence-corrected chi connectivity index (χ1v) is 21.9. The first-order chi connectivity index (χ1) is 32.5. The number of carbonyl (C=O) groups is 12. The largest absolute Gasteiger partial charge is 0.497 e. The molecule has 24 nitrogen and oxygen atoms in total. The van der Waals surface area contributed by atoms with E-state index in [4.69, 9.17) is 4.74 Å². The Bertz CT molecular complexity index is 2260. The Morgan fingerprint density at radius 1 is 0.676 bits per heavy atom. The molecule has 0 unspecified atom stereocenters. The van der Waals surface area contributed by atoms with Crippen LogP contribution in [0.1, 0.15) is 65.2 Å². The number of rotatable bonds is 16. The highest BCUT2D eigenvalue weighted by Gasteiger charge is 2.46. The average Bonchev–Trinajstić information content (AvgIpc) is 3.51. The molecule has 11 amide bonds. The van der Waals surface area contributed by atoms with E-state index in [0.717, 1.165) is 15.0 Å². The molecule has 0 aromatic heterocycles. The van der Waals surface area contributed by atoms with E-state index in [2.05, 4.69) is 26.7 Å². The molecule has 4 aliphatic heterocycles. The van der Waals surface area contributed by atoms with E-state index in [0.29, 0.717) is 42.5 Å². The lowest BCUT2D eigenvalue weighted by Crippen LogP contribution is -2.65. The lowest BCUT2D eigenvalue weighted by molar-refractivity contribution is -0.156. The summed E-state index contributed by atoms with van der Waals surface area (Å²) in [6.45, 7) is 2.69. The number of aldehydes is 2. The molecule has 4 aliphatic rings. The zero-order valence-electron chi connectivity index (χ0n) is 37.8. The predicted octanol–water partition coefficient (Wildman–Crippen LogP) is 0.750. The number of Topliss-reactive ketones (excluding diaryl/α,β-unsaturated/α-hetero) is 2. The number of carbonyl (C=O) groups excluding carboxylic acids is 12. The van der Waals surface area contributed by atoms with Crippen LogP contribution in [0, 0.1) is 0 Å². The maximum absolute atomic E-state index is 13.4. The second-order valence-corrected chi connectivity index (χ2v) is 16.2. The number of anilines is 2. The van der Waals surface area contributed by atoms with E-state index in [1.54, 1.807) is 54.6 Å². The number of hydrogen-bond donors (Lipinski definition) is 5. The predicted molar refractivity (Wildman–Crippen MR) is 238 cm³/mol. The minimum atomic E-state index is -1.08. The number of ketones is 2. The van der Waals surface area contributed by atoms with Crippen LogP contribution in [0.4, 0.5) is 25.8 Å². The maximum atomic E-state index is 13.4. The molecule has 0 aliphatic carbocycles. The molecule has 0 bridgehead atoms. The highest BCUT2D eigenvalue weighted by atomic mass is 16.5. The highest BCUT2D eigenvalue weighted by Crippen LogP contribution is 2.26. The molecule has 4 saturated heterocycles. The molecule has 0 spiro atoms. The summed E-state index contributed by atoms with van der Waals surface area (Å²) in [5.74, 6) is -2.50. The molecule has 24 heteroatoms. The quantitative estimate of drug-likeness (QED) is 0.145. The molecule has 2 aromatic carbocycles. The minimum Gasteiger partial charge on any atom is -0.497 e. The van der Waals surface area contributed by atoms with Crippen LogP contribution in [0.25, 0.3) is 0 Å². The van der Waals surface area contributed by atoms with Crippen molar-refractivity contribution in [1.29, 1.82) is 0 Å². The van der Waals surface area contributed by atoms with E-state index in [-0.39, 0.29) is 94.6 Å². The summed E-state index contributed by atoms with van der Waals surface area (Å²) in [5.41, 5.74) is 3.42. The van der Waals surface area contributed by atoms with Gasteiger partial charge in [0.25, 0.3) is 0 Å². The molecule has 2 aromatic rings. The number of methoxy groups -OCH3 is 1. The molecule has 4 atom stereocenters. The normalized spacial score (nSPS) is 19.0. The van der Waals surface area contributed by atoms with Crippen molar-refractivity contribution in [2.45, 2.75) is 89.4 Å². The molecular formula is C44H55N11O13. The summed E-state index contributed by atoms with van der Waals surface area (Å²) in [7, 11) is 1.50. The number of amides is 11. The number of hydrazine groups is 3. The van der Waals surface area contributed by atoms with Gasteiger partial charge < -0.3 is 40.5 Å². The molecular weight excluding hydrogens is 891 g/mol. The number of urea groups is 3. The van der Waals surface area contributed by atoms with Crippen molar-refractivity contribution in [3.63, 3.8) is 0 Å². The zero-order chi connectivity index (χ0) is 49.5. The molecule has 68 heavy (non-hydrogen) atoms. The number of fused-ring (bicyclic) bond motifs is 2. The van der Waals surface area contributed by atoms with Crippen molar-refractivity contribution < 1.29 is 62.3 Å². The Hall–Kier alpha value is -7.92. The summed E-state index contributed by atoms with van der Waals surface area (Å²) in [5, 5.41) is 15.7. The van der Waals surface area contributed by atoms with Crippen molar-refractivity contribution in [2.75, 3.05) is 50.5 Å². The minimum absolute atomic E-state index is 0.00579. The van der Waals surface area contributed by atoms with Gasteiger partial charge in [-0.25, -0.2) is 44.9 Å². The second-order valence-electron chi connectivity index (χ2n) is 16.2. The van der Waals surface area contributed by atoms with Crippen molar-refractivity contribution in [3.05, 3.63) is 54.6 Å². The van der Waals surface area contributed by atoms with Gasteiger partial charge in [0.15, 0.2) is 0 Å². The van der Waals surface area contributed by atoms with Crippen molar-refractivity contribution in [1.82, 2.24) is 46.0 Å². The first-order valence-electron chi connectivity index (χ1n) is 21.9. The number of benzene rings is 2. The molecule has 0 radical (unpaired) electrons. The number of ether oxygens (including phenoxy) is 1. The van der Waals surface area contributed by atoms with Gasteiger partial charge in [-0.15, -0.1) is 0 Å². The first kappa shape index (κ1) is 51.1. The van der Waals surface area contributed by atoms with Crippen LogP contribution < -0.4 is 31.4 Å². The Morgan fingerprint density at radius 3 is 1.74 bits per heavy atom. The Labute approximate surface area is 390 Å². The summed E-state index contributed by atoms with van der Waals surface area (Å²) in [6.07, 6.45) is 1.96. The molecule has 4 heterocycles. The topological polar surface area (TPSA) is 294 Å². The van der Waals surface area contributed by atoms with Crippen LogP contribution >= 0.6 is 0 Å². The van der Waals surface area contributed by atoms with Gasteiger partial charge in [0.05, 0.1) is 25.7 Å². The standard InChI is InChI=1S/C23H29N5O7.C21H26N6O6/c1-15(30)11-17(14-29)25-22(33)19-7-4-9-27-21(32)8-10-26(23(34)28(19)27)13-20(31)24-16-5-3-6-18(12-16)35-2;1-14(29)12-16(13-28)22-19(31)17-8-5-10-26-18(30)9-11-25(21(33)27(17)26)24-20(32)23-15-6-3-2-4-7-15/h3,5-6,12,14,17,19H,4,7-11,13H2,1-2H3,(H,24,31)(H,25,33);2-4,6-7,13,16-17H,5,8-12H2,1H3,(H,22,31)(H2,23,24,32)/t17-,19-;16-,17-/m00/s1. The van der Waals surface area contributed by atoms with Gasteiger partial charge in [-0.3, -0.25) is 33.6 Å². The maximum Gasteiger partial charge on any atom is 0.358 e. The Kier molecular flexibility index (Phi) is 18.0. The van der Waals surface area contributed by atoms with Crippen LogP contribution in [-0.4, -0.2) is 166 Å². The molecule has 0 saturated carbocycles. The van der Waals surface area contributed by atoms with E-state index in [1.165, 1.54) is 35.9 Å². The van der Waals surface area contributed by atoms with Gasteiger partial charge >= 0.3 is 18.1 Å². The third-order valence-electron chi connectivity index (χ3n) is 11.0. The number of hydrogen-bond acceptors (Lipinski definition) is 13. The molecule has 5 N–H and O–H groups in total.